The van der Waals surface area contributed by atoms with Gasteiger partial charge in [0.2, 0.25) is 5.91 Å². The van der Waals surface area contributed by atoms with Crippen molar-refractivity contribution in [2.45, 2.75) is 30.6 Å². The highest BCUT2D eigenvalue weighted by atomic mass is 32.2. The van der Waals surface area contributed by atoms with E-state index in [-0.39, 0.29) is 30.2 Å². The largest absolute Gasteiger partial charge is 0.351 e. The van der Waals surface area contributed by atoms with Crippen LogP contribution in [-0.2, 0) is 9.59 Å². The van der Waals surface area contributed by atoms with Crippen LogP contribution in [0.2, 0.25) is 0 Å². The molecule has 184 valence electrons. The fourth-order valence-electron chi connectivity index (χ4n) is 4.16. The van der Waals surface area contributed by atoms with E-state index < -0.39 is 5.25 Å². The minimum absolute atomic E-state index is 0.0653. The standard InChI is InChI=1S/C26H31N5O3S/c1-30(2)17-21(18-8-4-3-5-9-18)28-24(33)19-10-12-20(13-11-19)27-23(32)16-22-25(34)29-26(35-22)31-14-6-7-15-31/h3-5,8-13,21-22H,6-7,14-17H2,1-2H3,(H,27,32)(H,28,33)/t21-,22-/m0/s1. The summed E-state index contributed by atoms with van der Waals surface area (Å²) < 4.78 is 0. The number of hydrogen-bond acceptors (Lipinski definition) is 6. The molecule has 2 heterocycles. The van der Waals surface area contributed by atoms with Gasteiger partial charge in [0.25, 0.3) is 11.8 Å². The van der Waals surface area contributed by atoms with Crippen LogP contribution < -0.4 is 10.6 Å². The zero-order chi connectivity index (χ0) is 24.8. The molecular weight excluding hydrogens is 462 g/mol. The molecule has 0 bridgehead atoms. The van der Waals surface area contributed by atoms with Crippen molar-refractivity contribution in [1.29, 1.82) is 0 Å². The van der Waals surface area contributed by atoms with E-state index in [1.807, 2.05) is 49.3 Å². The van der Waals surface area contributed by atoms with Crippen molar-refractivity contribution in [2.75, 3.05) is 39.0 Å². The molecule has 0 spiro atoms. The van der Waals surface area contributed by atoms with Crippen molar-refractivity contribution in [2.24, 2.45) is 4.99 Å². The van der Waals surface area contributed by atoms with Crippen molar-refractivity contribution < 1.29 is 14.4 Å². The number of carbonyl (C=O) groups is 3. The number of amidine groups is 1. The molecule has 0 radical (unpaired) electrons. The maximum Gasteiger partial charge on any atom is 0.262 e. The Kier molecular flexibility index (Phi) is 8.20. The van der Waals surface area contributed by atoms with Crippen LogP contribution in [0, 0.1) is 0 Å². The van der Waals surface area contributed by atoms with Gasteiger partial charge in [-0.25, -0.2) is 0 Å². The summed E-state index contributed by atoms with van der Waals surface area (Å²) in [5, 5.41) is 6.18. The normalized spacial score (nSPS) is 18.5. The molecule has 2 aliphatic heterocycles. The average Bonchev–Trinajstić information content (AvgIpc) is 3.50. The van der Waals surface area contributed by atoms with Gasteiger partial charge in [0.1, 0.15) is 5.25 Å². The molecule has 2 atom stereocenters. The van der Waals surface area contributed by atoms with Gasteiger partial charge >= 0.3 is 0 Å². The van der Waals surface area contributed by atoms with Crippen LogP contribution in [0.1, 0.15) is 41.2 Å². The van der Waals surface area contributed by atoms with Crippen molar-refractivity contribution in [3.05, 3.63) is 65.7 Å². The number of amides is 3. The van der Waals surface area contributed by atoms with Gasteiger partial charge in [0.15, 0.2) is 5.17 Å². The SMILES string of the molecule is CN(C)C[C@H](NC(=O)c1ccc(NC(=O)C[C@@H]2SC(N3CCCC3)=NC2=O)cc1)c1ccccc1. The number of hydrogen-bond donors (Lipinski definition) is 2. The molecule has 4 rings (SSSR count). The third-order valence-electron chi connectivity index (χ3n) is 5.96. The van der Waals surface area contributed by atoms with Gasteiger partial charge in [-0.1, -0.05) is 42.1 Å². The molecule has 0 aromatic heterocycles. The summed E-state index contributed by atoms with van der Waals surface area (Å²) in [7, 11) is 3.94. The molecule has 35 heavy (non-hydrogen) atoms. The maximum absolute atomic E-state index is 12.9. The molecule has 1 saturated heterocycles. The monoisotopic (exact) mass is 493 g/mol. The van der Waals surface area contributed by atoms with E-state index >= 15 is 0 Å². The summed E-state index contributed by atoms with van der Waals surface area (Å²) >= 11 is 1.38. The van der Waals surface area contributed by atoms with E-state index in [9.17, 15) is 14.4 Å². The Labute approximate surface area is 210 Å². The maximum atomic E-state index is 12.9. The van der Waals surface area contributed by atoms with Gasteiger partial charge < -0.3 is 20.4 Å². The predicted octanol–water partition coefficient (Wildman–Crippen LogP) is 3.14. The van der Waals surface area contributed by atoms with Gasteiger partial charge in [-0.15, -0.1) is 0 Å². The summed E-state index contributed by atoms with van der Waals surface area (Å²) in [6.07, 6.45) is 2.28. The molecule has 2 aromatic rings. The quantitative estimate of drug-likeness (QED) is 0.587. The Morgan fingerprint density at radius 3 is 2.43 bits per heavy atom. The molecule has 9 heteroatoms. The van der Waals surface area contributed by atoms with Crippen molar-refractivity contribution in [1.82, 2.24) is 15.1 Å². The summed E-state index contributed by atoms with van der Waals surface area (Å²) in [4.78, 5) is 46.0. The van der Waals surface area contributed by atoms with Crippen LogP contribution in [0.15, 0.2) is 59.6 Å². The highest BCUT2D eigenvalue weighted by Gasteiger charge is 2.33. The van der Waals surface area contributed by atoms with Crippen molar-refractivity contribution in [3.8, 4) is 0 Å². The zero-order valence-corrected chi connectivity index (χ0v) is 20.9. The zero-order valence-electron chi connectivity index (χ0n) is 20.1. The molecule has 0 saturated carbocycles. The molecule has 8 nitrogen and oxygen atoms in total. The molecule has 2 aliphatic rings. The van der Waals surface area contributed by atoms with Crippen LogP contribution in [0.3, 0.4) is 0 Å². The third kappa shape index (κ3) is 6.70. The molecule has 0 aliphatic carbocycles. The summed E-state index contributed by atoms with van der Waals surface area (Å²) in [6.45, 7) is 2.50. The number of anilines is 1. The van der Waals surface area contributed by atoms with Gasteiger partial charge in [-0.3, -0.25) is 14.4 Å². The van der Waals surface area contributed by atoms with E-state index in [4.69, 9.17) is 0 Å². The second-order valence-corrected chi connectivity index (χ2v) is 10.2. The number of carbonyl (C=O) groups excluding carboxylic acids is 3. The number of likely N-dealkylation sites (N-methyl/N-ethyl adjacent to an activating group) is 1. The highest BCUT2D eigenvalue weighted by molar-refractivity contribution is 8.15. The number of rotatable bonds is 8. The molecule has 1 fully saturated rings. The highest BCUT2D eigenvalue weighted by Crippen LogP contribution is 2.29. The first-order valence-corrected chi connectivity index (χ1v) is 12.7. The lowest BCUT2D eigenvalue weighted by Crippen LogP contribution is -2.35. The average molecular weight is 494 g/mol. The van der Waals surface area contributed by atoms with Gasteiger partial charge in [0, 0.05) is 37.3 Å². The van der Waals surface area contributed by atoms with Crippen molar-refractivity contribution >= 4 is 40.3 Å². The van der Waals surface area contributed by atoms with Gasteiger partial charge in [0.05, 0.1) is 6.04 Å². The Morgan fingerprint density at radius 2 is 1.77 bits per heavy atom. The first-order chi connectivity index (χ1) is 16.9. The number of nitrogens with zero attached hydrogens (tertiary/aromatic N) is 3. The lowest BCUT2D eigenvalue weighted by molar-refractivity contribution is -0.121. The van der Waals surface area contributed by atoms with Gasteiger partial charge in [-0.05, 0) is 56.8 Å². The lowest BCUT2D eigenvalue weighted by atomic mass is 10.1. The second-order valence-electron chi connectivity index (χ2n) is 9.06. The van der Waals surface area contributed by atoms with Crippen LogP contribution in [0.25, 0.3) is 0 Å². The Bertz CT molecular complexity index is 1080. The fourth-order valence-corrected chi connectivity index (χ4v) is 5.28. The van der Waals surface area contributed by atoms with Crippen LogP contribution in [0.4, 0.5) is 5.69 Å². The molecule has 3 amide bonds. The minimum Gasteiger partial charge on any atom is -0.351 e. The molecule has 2 aromatic carbocycles. The second kappa shape index (κ2) is 11.5. The van der Waals surface area contributed by atoms with Crippen LogP contribution in [-0.4, -0.2) is 71.7 Å². The van der Waals surface area contributed by atoms with E-state index in [2.05, 4.69) is 20.5 Å². The Morgan fingerprint density at radius 1 is 1.09 bits per heavy atom. The summed E-state index contributed by atoms with van der Waals surface area (Å²) in [5.74, 6) is -0.677. The predicted molar refractivity (Wildman–Crippen MR) is 140 cm³/mol. The Hall–Kier alpha value is -3.17. The number of nitrogens with one attached hydrogen (secondary N) is 2. The number of aliphatic imine (C=N–C) groups is 1. The number of likely N-dealkylation sites (tertiary alicyclic amines) is 1. The molecule has 0 unspecified atom stereocenters. The lowest BCUT2D eigenvalue weighted by Gasteiger charge is -2.23. The summed E-state index contributed by atoms with van der Waals surface area (Å²) in [5.41, 5.74) is 2.12. The van der Waals surface area contributed by atoms with Crippen LogP contribution in [0.5, 0.6) is 0 Å². The molecule has 2 N–H and O–H groups in total. The topological polar surface area (TPSA) is 94.1 Å². The van der Waals surface area contributed by atoms with E-state index in [0.717, 1.165) is 36.7 Å². The fraction of sp³-hybridized carbons (Fsp3) is 0.385. The molecular formula is C26H31N5O3S. The number of benzene rings is 2. The van der Waals surface area contributed by atoms with Crippen molar-refractivity contribution in [3.63, 3.8) is 0 Å². The smallest absolute Gasteiger partial charge is 0.262 e. The summed E-state index contributed by atoms with van der Waals surface area (Å²) in [6, 6.07) is 16.5. The van der Waals surface area contributed by atoms with Crippen LogP contribution >= 0.6 is 11.8 Å². The van der Waals surface area contributed by atoms with E-state index in [1.54, 1.807) is 24.3 Å². The number of thioether (sulfide) groups is 1. The van der Waals surface area contributed by atoms with Gasteiger partial charge in [-0.2, -0.15) is 4.99 Å². The van der Waals surface area contributed by atoms with E-state index in [0.29, 0.717) is 17.8 Å². The first-order valence-electron chi connectivity index (χ1n) is 11.8. The first kappa shape index (κ1) is 24.9. The Balaban J connectivity index is 1.30. The third-order valence-corrected chi connectivity index (χ3v) is 7.18. The van der Waals surface area contributed by atoms with E-state index in [1.165, 1.54) is 11.8 Å². The minimum atomic E-state index is -0.484.